The van der Waals surface area contributed by atoms with Gasteiger partial charge in [0.2, 0.25) is 0 Å². The summed E-state index contributed by atoms with van der Waals surface area (Å²) in [5.74, 6) is 4.84. The third-order valence-electron chi connectivity index (χ3n) is 4.75. The number of likely N-dealkylation sites (tertiary alicyclic amines) is 1. The first kappa shape index (κ1) is 21.6. The lowest BCUT2D eigenvalue weighted by atomic mass is 9.80. The predicted molar refractivity (Wildman–Crippen MR) is 101 cm³/mol. The van der Waals surface area contributed by atoms with Crippen LogP contribution < -0.4 is 4.74 Å². The molecule has 0 atom stereocenters. The largest absolute Gasteiger partial charge is 0.481 e. The van der Waals surface area contributed by atoms with Gasteiger partial charge in [-0.2, -0.15) is 0 Å². The molecule has 9 heteroatoms. The lowest BCUT2D eigenvalue weighted by Gasteiger charge is -2.38. The molecule has 1 aromatic carbocycles. The summed E-state index contributed by atoms with van der Waals surface area (Å²) in [6, 6.07) is 5.90. The standard InChI is InChI=1S/C19H23NO7S/c1-3-4-13-27-15-5-7-16(8-6-15)28(24,25)14-19(17(21)26-2)9-11-20(12-10-19)18(22)23/h5-8H,9-14H2,1-2H3,(H,22,23). The lowest BCUT2D eigenvalue weighted by Crippen LogP contribution is -2.49. The van der Waals surface area contributed by atoms with Crippen molar-refractivity contribution in [3.63, 3.8) is 0 Å². The number of carbonyl (C=O) groups is 2. The van der Waals surface area contributed by atoms with Crippen LogP contribution in [-0.2, 0) is 19.4 Å². The third-order valence-corrected chi connectivity index (χ3v) is 6.67. The Morgan fingerprint density at radius 2 is 1.82 bits per heavy atom. The van der Waals surface area contributed by atoms with Crippen molar-refractivity contribution >= 4 is 21.9 Å². The average molecular weight is 409 g/mol. The number of esters is 1. The summed E-state index contributed by atoms with van der Waals surface area (Å²) in [4.78, 5) is 24.7. The van der Waals surface area contributed by atoms with E-state index in [0.717, 1.165) is 0 Å². The fourth-order valence-electron chi connectivity index (χ4n) is 3.13. The quantitative estimate of drug-likeness (QED) is 0.563. The maximum Gasteiger partial charge on any atom is 0.407 e. The van der Waals surface area contributed by atoms with Crippen LogP contribution in [0.2, 0.25) is 0 Å². The molecule has 28 heavy (non-hydrogen) atoms. The molecule has 0 saturated carbocycles. The van der Waals surface area contributed by atoms with Crippen LogP contribution >= 0.6 is 0 Å². The van der Waals surface area contributed by atoms with Gasteiger partial charge in [0.05, 0.1) is 23.2 Å². The van der Waals surface area contributed by atoms with Gasteiger partial charge in [-0.1, -0.05) is 5.92 Å². The highest BCUT2D eigenvalue weighted by molar-refractivity contribution is 7.91. The first-order valence-electron chi connectivity index (χ1n) is 8.65. The number of nitrogens with zero attached hydrogens (tertiary/aromatic N) is 1. The molecule has 1 aromatic rings. The number of hydrogen-bond donors (Lipinski definition) is 1. The van der Waals surface area contributed by atoms with Crippen LogP contribution in [0.25, 0.3) is 0 Å². The van der Waals surface area contributed by atoms with Crippen LogP contribution in [0, 0.1) is 17.3 Å². The second-order valence-electron chi connectivity index (χ2n) is 6.49. The molecule has 1 aliphatic rings. The average Bonchev–Trinajstić information content (AvgIpc) is 2.68. The van der Waals surface area contributed by atoms with Crippen LogP contribution in [0.1, 0.15) is 19.8 Å². The minimum absolute atomic E-state index is 0.0605. The third kappa shape index (κ3) is 4.95. The van der Waals surface area contributed by atoms with Gasteiger partial charge < -0.3 is 19.5 Å². The Bertz CT molecular complexity index is 873. The van der Waals surface area contributed by atoms with E-state index in [0.29, 0.717) is 5.75 Å². The van der Waals surface area contributed by atoms with Gasteiger partial charge in [-0.15, -0.1) is 5.92 Å². The van der Waals surface area contributed by atoms with Crippen molar-refractivity contribution in [2.45, 2.75) is 24.7 Å². The van der Waals surface area contributed by atoms with Gasteiger partial charge in [0, 0.05) is 13.1 Å². The SMILES string of the molecule is CC#CCOc1ccc(S(=O)(=O)CC2(C(=O)OC)CCN(C(=O)O)CC2)cc1. The number of benzene rings is 1. The number of ether oxygens (including phenoxy) is 2. The minimum Gasteiger partial charge on any atom is -0.481 e. The van der Waals surface area contributed by atoms with Gasteiger partial charge in [-0.25, -0.2) is 13.2 Å². The fourth-order valence-corrected chi connectivity index (χ4v) is 4.98. The molecule has 0 aromatic heterocycles. The van der Waals surface area contributed by atoms with Crippen LogP contribution in [-0.4, -0.2) is 63.0 Å². The van der Waals surface area contributed by atoms with Crippen molar-refractivity contribution < 1.29 is 32.6 Å². The number of carboxylic acid groups (broad SMARTS) is 1. The summed E-state index contributed by atoms with van der Waals surface area (Å²) in [5.41, 5.74) is -1.27. The number of carbonyl (C=O) groups excluding carboxylic acids is 1. The zero-order valence-electron chi connectivity index (χ0n) is 15.8. The molecular formula is C19H23NO7S. The highest BCUT2D eigenvalue weighted by Crippen LogP contribution is 2.36. The van der Waals surface area contributed by atoms with Crippen molar-refractivity contribution in [1.29, 1.82) is 0 Å². The van der Waals surface area contributed by atoms with Gasteiger partial charge >= 0.3 is 12.1 Å². The molecule has 1 N–H and O–H groups in total. The Morgan fingerprint density at radius 1 is 1.21 bits per heavy atom. The zero-order valence-corrected chi connectivity index (χ0v) is 16.6. The van der Waals surface area contributed by atoms with Crippen LogP contribution in [0.15, 0.2) is 29.2 Å². The molecule has 2 rings (SSSR count). The van der Waals surface area contributed by atoms with E-state index < -0.39 is 33.1 Å². The molecule has 0 aliphatic carbocycles. The molecule has 1 heterocycles. The monoisotopic (exact) mass is 409 g/mol. The van der Waals surface area contributed by atoms with Crippen molar-refractivity contribution in [3.05, 3.63) is 24.3 Å². The van der Waals surface area contributed by atoms with Crippen LogP contribution in [0.3, 0.4) is 0 Å². The van der Waals surface area contributed by atoms with Gasteiger partial charge in [0.1, 0.15) is 12.4 Å². The number of methoxy groups -OCH3 is 1. The van der Waals surface area contributed by atoms with Gasteiger partial charge in [-0.3, -0.25) is 4.79 Å². The predicted octanol–water partition coefficient (Wildman–Crippen LogP) is 1.80. The minimum atomic E-state index is -3.80. The van der Waals surface area contributed by atoms with Gasteiger partial charge in [0.15, 0.2) is 9.84 Å². The van der Waals surface area contributed by atoms with E-state index >= 15 is 0 Å². The Labute approximate surface area is 164 Å². The second-order valence-corrected chi connectivity index (χ2v) is 8.48. The summed E-state index contributed by atoms with van der Waals surface area (Å²) in [7, 11) is -2.60. The first-order chi connectivity index (χ1) is 13.2. The van der Waals surface area contributed by atoms with E-state index in [1.807, 2.05) is 0 Å². The molecule has 1 fully saturated rings. The fraction of sp³-hybridized carbons (Fsp3) is 0.474. The van der Waals surface area contributed by atoms with Crippen molar-refractivity contribution in [1.82, 2.24) is 4.90 Å². The zero-order chi connectivity index (χ0) is 20.8. The molecular weight excluding hydrogens is 386 g/mol. The van der Waals surface area contributed by atoms with Crippen molar-refractivity contribution in [2.24, 2.45) is 5.41 Å². The number of rotatable bonds is 6. The van der Waals surface area contributed by atoms with Crippen LogP contribution in [0.5, 0.6) is 5.75 Å². The molecule has 1 aliphatic heterocycles. The molecule has 0 bridgehead atoms. The molecule has 0 radical (unpaired) electrons. The van der Waals surface area contributed by atoms with Crippen LogP contribution in [0.4, 0.5) is 4.79 Å². The lowest BCUT2D eigenvalue weighted by molar-refractivity contribution is -0.154. The first-order valence-corrected chi connectivity index (χ1v) is 10.3. The van der Waals surface area contributed by atoms with E-state index in [1.54, 1.807) is 6.92 Å². The maximum atomic E-state index is 12.9. The number of piperidine rings is 1. The molecule has 0 unspecified atom stereocenters. The summed E-state index contributed by atoms with van der Waals surface area (Å²) in [6.45, 7) is 2.04. The highest BCUT2D eigenvalue weighted by Gasteiger charge is 2.46. The van der Waals surface area contributed by atoms with E-state index in [4.69, 9.17) is 14.6 Å². The summed E-state index contributed by atoms with van der Waals surface area (Å²) >= 11 is 0. The normalized spacial score (nSPS) is 15.9. The molecule has 8 nitrogen and oxygen atoms in total. The van der Waals surface area contributed by atoms with E-state index in [1.165, 1.54) is 36.3 Å². The molecule has 1 amide bonds. The summed E-state index contributed by atoms with van der Waals surface area (Å²) < 4.78 is 36.0. The number of hydrogen-bond acceptors (Lipinski definition) is 6. The van der Waals surface area contributed by atoms with Crippen molar-refractivity contribution in [3.8, 4) is 17.6 Å². The van der Waals surface area contributed by atoms with Gasteiger partial charge in [-0.05, 0) is 44.0 Å². The Balaban J connectivity index is 2.19. The number of sulfone groups is 1. The smallest absolute Gasteiger partial charge is 0.407 e. The van der Waals surface area contributed by atoms with E-state index in [9.17, 15) is 18.0 Å². The van der Waals surface area contributed by atoms with E-state index in [-0.39, 0.29) is 37.4 Å². The Hall–Kier alpha value is -2.73. The number of amides is 1. The van der Waals surface area contributed by atoms with E-state index in [2.05, 4.69) is 11.8 Å². The summed E-state index contributed by atoms with van der Waals surface area (Å²) in [6.07, 6.45) is -0.922. The Morgan fingerprint density at radius 3 is 2.32 bits per heavy atom. The summed E-state index contributed by atoms with van der Waals surface area (Å²) in [5, 5.41) is 9.09. The highest BCUT2D eigenvalue weighted by atomic mass is 32.2. The topological polar surface area (TPSA) is 110 Å². The molecule has 152 valence electrons. The van der Waals surface area contributed by atoms with Crippen molar-refractivity contribution in [2.75, 3.05) is 32.6 Å². The van der Waals surface area contributed by atoms with Gasteiger partial charge in [0.25, 0.3) is 0 Å². The Kier molecular flexibility index (Phi) is 6.91. The second kappa shape index (κ2) is 8.97. The maximum absolute atomic E-state index is 12.9. The molecule has 0 spiro atoms. The molecule has 1 saturated heterocycles.